The Hall–Kier alpha value is -1.64. The van der Waals surface area contributed by atoms with E-state index in [0.29, 0.717) is 17.3 Å². The first-order valence-corrected chi connectivity index (χ1v) is 8.01. The van der Waals surface area contributed by atoms with Crippen molar-refractivity contribution >= 4 is 0 Å². The largest absolute Gasteiger partial charge is 0.265 e. The van der Waals surface area contributed by atoms with Crippen LogP contribution in [-0.4, -0.2) is 14.8 Å². The van der Waals surface area contributed by atoms with Crippen LogP contribution in [0.3, 0.4) is 0 Å². The van der Waals surface area contributed by atoms with Crippen molar-refractivity contribution in [3.8, 4) is 5.69 Å². The molecule has 0 saturated heterocycles. The summed E-state index contributed by atoms with van der Waals surface area (Å²) < 4.78 is 2.02. The van der Waals surface area contributed by atoms with Crippen LogP contribution < -0.4 is 0 Å². The highest BCUT2D eigenvalue weighted by molar-refractivity contribution is 5.32. The van der Waals surface area contributed by atoms with Crippen molar-refractivity contribution in [3.05, 3.63) is 42.0 Å². The SMILES string of the molecule is CC(C)C1(C(C)C)CCc2nn(-c3ccncc3)cc2C1. The molecule has 3 rings (SSSR count). The summed E-state index contributed by atoms with van der Waals surface area (Å²) in [5, 5.41) is 4.79. The average Bonchev–Trinajstić information content (AvgIpc) is 2.90. The summed E-state index contributed by atoms with van der Waals surface area (Å²) in [5.41, 5.74) is 4.22. The molecule has 0 unspecified atom stereocenters. The van der Waals surface area contributed by atoms with Gasteiger partial charge in [-0.3, -0.25) is 4.98 Å². The van der Waals surface area contributed by atoms with E-state index in [1.165, 1.54) is 17.7 Å². The molecule has 2 aromatic heterocycles. The van der Waals surface area contributed by atoms with Crippen LogP contribution in [-0.2, 0) is 12.8 Å². The van der Waals surface area contributed by atoms with E-state index in [9.17, 15) is 0 Å². The van der Waals surface area contributed by atoms with Gasteiger partial charge in [0, 0.05) is 18.6 Å². The maximum absolute atomic E-state index is 4.79. The summed E-state index contributed by atoms with van der Waals surface area (Å²) in [6, 6.07) is 4.02. The van der Waals surface area contributed by atoms with Gasteiger partial charge in [-0.2, -0.15) is 5.10 Å². The van der Waals surface area contributed by atoms with Gasteiger partial charge in [-0.15, -0.1) is 0 Å². The maximum atomic E-state index is 4.79. The van der Waals surface area contributed by atoms with Gasteiger partial charge in [0.2, 0.25) is 0 Å². The fourth-order valence-corrected chi connectivity index (χ4v) is 3.88. The fraction of sp³-hybridized carbons (Fsp3) is 0.556. The van der Waals surface area contributed by atoms with Gasteiger partial charge in [-0.25, -0.2) is 4.68 Å². The molecule has 2 aromatic rings. The average molecular weight is 283 g/mol. The summed E-state index contributed by atoms with van der Waals surface area (Å²) >= 11 is 0. The van der Waals surface area contributed by atoms with Crippen molar-refractivity contribution in [2.75, 3.05) is 0 Å². The van der Waals surface area contributed by atoms with Crippen LogP contribution >= 0.6 is 0 Å². The Balaban J connectivity index is 1.95. The second-order valence-electron chi connectivity index (χ2n) is 6.97. The van der Waals surface area contributed by atoms with Crippen LogP contribution in [0.2, 0.25) is 0 Å². The lowest BCUT2D eigenvalue weighted by Gasteiger charge is -2.44. The Morgan fingerprint density at radius 3 is 2.38 bits per heavy atom. The smallest absolute Gasteiger partial charge is 0.0676 e. The molecule has 0 radical (unpaired) electrons. The minimum atomic E-state index is 0.416. The molecule has 0 spiro atoms. The highest BCUT2D eigenvalue weighted by Crippen LogP contribution is 2.46. The molecular formula is C18H25N3. The first-order valence-electron chi connectivity index (χ1n) is 8.01. The van der Waals surface area contributed by atoms with E-state index in [-0.39, 0.29) is 0 Å². The third kappa shape index (κ3) is 2.39. The van der Waals surface area contributed by atoms with Gasteiger partial charge in [0.15, 0.2) is 0 Å². The molecule has 112 valence electrons. The third-order valence-corrected chi connectivity index (χ3v) is 5.45. The molecule has 0 aliphatic heterocycles. The summed E-state index contributed by atoms with van der Waals surface area (Å²) in [6.45, 7) is 9.49. The monoisotopic (exact) mass is 283 g/mol. The Labute approximate surface area is 127 Å². The summed E-state index contributed by atoms with van der Waals surface area (Å²) in [5.74, 6) is 1.41. The van der Waals surface area contributed by atoms with Crippen LogP contribution in [0.25, 0.3) is 5.69 Å². The summed E-state index contributed by atoms with van der Waals surface area (Å²) in [4.78, 5) is 4.08. The van der Waals surface area contributed by atoms with Crippen LogP contribution in [0.4, 0.5) is 0 Å². The fourth-order valence-electron chi connectivity index (χ4n) is 3.88. The molecule has 3 heteroatoms. The number of nitrogens with zero attached hydrogens (tertiary/aromatic N) is 3. The van der Waals surface area contributed by atoms with Crippen molar-refractivity contribution in [2.24, 2.45) is 17.3 Å². The number of pyridine rings is 1. The van der Waals surface area contributed by atoms with E-state index in [0.717, 1.165) is 18.5 Å². The quantitative estimate of drug-likeness (QED) is 0.850. The Morgan fingerprint density at radius 2 is 1.76 bits per heavy atom. The van der Waals surface area contributed by atoms with Gasteiger partial charge >= 0.3 is 0 Å². The lowest BCUT2D eigenvalue weighted by atomic mass is 9.60. The number of hydrogen-bond donors (Lipinski definition) is 0. The zero-order valence-corrected chi connectivity index (χ0v) is 13.5. The molecule has 0 N–H and O–H groups in total. The highest BCUT2D eigenvalue weighted by atomic mass is 15.3. The van der Waals surface area contributed by atoms with Crippen LogP contribution in [0, 0.1) is 17.3 Å². The predicted octanol–water partition coefficient (Wildman–Crippen LogP) is 4.05. The van der Waals surface area contributed by atoms with E-state index in [1.54, 1.807) is 0 Å². The van der Waals surface area contributed by atoms with E-state index in [4.69, 9.17) is 5.10 Å². The van der Waals surface area contributed by atoms with Gasteiger partial charge in [-0.1, -0.05) is 27.7 Å². The van der Waals surface area contributed by atoms with Crippen molar-refractivity contribution in [1.29, 1.82) is 0 Å². The Morgan fingerprint density at radius 1 is 1.10 bits per heavy atom. The van der Waals surface area contributed by atoms with E-state index in [2.05, 4.69) is 38.9 Å². The van der Waals surface area contributed by atoms with Gasteiger partial charge in [0.25, 0.3) is 0 Å². The number of fused-ring (bicyclic) bond motifs is 1. The molecule has 1 aliphatic carbocycles. The van der Waals surface area contributed by atoms with Crippen LogP contribution in [0.5, 0.6) is 0 Å². The molecule has 0 bridgehead atoms. The van der Waals surface area contributed by atoms with Gasteiger partial charge in [-0.05, 0) is 54.2 Å². The third-order valence-electron chi connectivity index (χ3n) is 5.45. The molecule has 0 aromatic carbocycles. The molecule has 1 aliphatic rings. The minimum absolute atomic E-state index is 0.416. The lowest BCUT2D eigenvalue weighted by molar-refractivity contribution is 0.0899. The zero-order valence-electron chi connectivity index (χ0n) is 13.5. The van der Waals surface area contributed by atoms with E-state index in [1.807, 2.05) is 29.2 Å². The molecule has 0 amide bonds. The number of hydrogen-bond acceptors (Lipinski definition) is 2. The Bertz CT molecular complexity index is 603. The molecule has 0 saturated carbocycles. The standard InChI is InChI=1S/C18H25N3/c1-13(2)18(14(3)4)8-5-17-15(11-18)12-21(20-17)16-6-9-19-10-7-16/h6-7,9-10,12-14H,5,8,11H2,1-4H3. The topological polar surface area (TPSA) is 30.7 Å². The minimum Gasteiger partial charge on any atom is -0.265 e. The second-order valence-corrected chi connectivity index (χ2v) is 6.97. The first kappa shape index (κ1) is 14.3. The van der Waals surface area contributed by atoms with Crippen molar-refractivity contribution < 1.29 is 0 Å². The highest BCUT2D eigenvalue weighted by Gasteiger charge is 2.40. The molecular weight excluding hydrogens is 258 g/mol. The second kappa shape index (κ2) is 5.28. The van der Waals surface area contributed by atoms with Crippen LogP contribution in [0.1, 0.15) is 45.4 Å². The normalized spacial score (nSPS) is 17.2. The van der Waals surface area contributed by atoms with Crippen molar-refractivity contribution in [3.63, 3.8) is 0 Å². The first-order chi connectivity index (χ1) is 10.0. The van der Waals surface area contributed by atoms with Crippen molar-refractivity contribution in [2.45, 2.75) is 47.0 Å². The number of rotatable bonds is 3. The molecule has 2 heterocycles. The molecule has 0 atom stereocenters. The van der Waals surface area contributed by atoms with Gasteiger partial charge in [0.1, 0.15) is 0 Å². The molecule has 21 heavy (non-hydrogen) atoms. The van der Waals surface area contributed by atoms with Gasteiger partial charge < -0.3 is 0 Å². The lowest BCUT2D eigenvalue weighted by Crippen LogP contribution is -2.38. The number of aryl methyl sites for hydroxylation is 1. The van der Waals surface area contributed by atoms with Crippen molar-refractivity contribution in [1.82, 2.24) is 14.8 Å². The van der Waals surface area contributed by atoms with Crippen LogP contribution in [0.15, 0.2) is 30.7 Å². The number of aromatic nitrogens is 3. The zero-order chi connectivity index (χ0) is 15.0. The van der Waals surface area contributed by atoms with E-state index >= 15 is 0 Å². The molecule has 0 fully saturated rings. The summed E-state index contributed by atoms with van der Waals surface area (Å²) in [6.07, 6.45) is 9.38. The Kier molecular flexibility index (Phi) is 3.60. The predicted molar refractivity (Wildman–Crippen MR) is 85.5 cm³/mol. The maximum Gasteiger partial charge on any atom is 0.0676 e. The molecule has 3 nitrogen and oxygen atoms in total. The van der Waals surface area contributed by atoms with Gasteiger partial charge in [0.05, 0.1) is 11.4 Å². The van der Waals surface area contributed by atoms with E-state index < -0.39 is 0 Å². The summed E-state index contributed by atoms with van der Waals surface area (Å²) in [7, 11) is 0.